The molecule has 0 unspecified atom stereocenters. The summed E-state index contributed by atoms with van der Waals surface area (Å²) in [5, 5.41) is 10.3. The van der Waals surface area contributed by atoms with Crippen LogP contribution in [0.4, 0.5) is 0 Å². The Kier molecular flexibility index (Phi) is 5.65. The van der Waals surface area contributed by atoms with E-state index in [4.69, 9.17) is 21.1 Å². The summed E-state index contributed by atoms with van der Waals surface area (Å²) < 4.78 is 11.1. The van der Waals surface area contributed by atoms with Gasteiger partial charge in [0.25, 0.3) is 0 Å². The van der Waals surface area contributed by atoms with E-state index in [2.05, 4.69) is 23.1 Å². The molecule has 4 rings (SSSR count). The maximum absolute atomic E-state index is 9.61. The number of methoxy groups -OCH3 is 2. The Morgan fingerprint density at radius 1 is 1.00 bits per heavy atom. The van der Waals surface area contributed by atoms with Gasteiger partial charge in [-0.05, 0) is 65.1 Å². The monoisotopic (exact) mass is 409 g/mol. The average Bonchev–Trinajstić information content (AvgIpc) is 2.74. The first-order valence-corrected chi connectivity index (χ1v) is 9.99. The fourth-order valence-electron chi connectivity index (χ4n) is 4.07. The van der Waals surface area contributed by atoms with E-state index in [1.807, 2.05) is 30.3 Å². The highest BCUT2D eigenvalue weighted by molar-refractivity contribution is 6.30. The second-order valence-electron chi connectivity index (χ2n) is 7.25. The van der Waals surface area contributed by atoms with Gasteiger partial charge >= 0.3 is 0 Å². The molecule has 0 saturated carbocycles. The van der Waals surface area contributed by atoms with Crippen LogP contribution in [0.15, 0.2) is 60.7 Å². The summed E-state index contributed by atoms with van der Waals surface area (Å²) in [6, 6.07) is 19.7. The van der Waals surface area contributed by atoms with Crippen molar-refractivity contribution < 1.29 is 14.6 Å². The number of rotatable bonds is 5. The highest BCUT2D eigenvalue weighted by atomic mass is 35.5. The lowest BCUT2D eigenvalue weighted by Gasteiger charge is -2.38. The minimum Gasteiger partial charge on any atom is -0.508 e. The third-order valence-electron chi connectivity index (χ3n) is 5.46. The minimum absolute atomic E-state index is 0.0473. The molecule has 0 fully saturated rings. The van der Waals surface area contributed by atoms with Crippen LogP contribution >= 0.6 is 11.6 Å². The summed E-state index contributed by atoms with van der Waals surface area (Å²) in [6.07, 6.45) is 0.921. The highest BCUT2D eigenvalue weighted by Gasteiger charge is 2.30. The number of phenols is 1. The van der Waals surface area contributed by atoms with Crippen LogP contribution < -0.4 is 9.47 Å². The van der Waals surface area contributed by atoms with E-state index < -0.39 is 0 Å². The van der Waals surface area contributed by atoms with Crippen LogP contribution in [0.2, 0.25) is 5.02 Å². The number of phenolic OH excluding ortho intramolecular Hbond substituents is 1. The van der Waals surface area contributed by atoms with Crippen molar-refractivity contribution in [1.29, 1.82) is 0 Å². The molecule has 1 N–H and O–H groups in total. The van der Waals surface area contributed by atoms with Gasteiger partial charge in [0.2, 0.25) is 0 Å². The van der Waals surface area contributed by atoms with Crippen LogP contribution in [0.3, 0.4) is 0 Å². The maximum atomic E-state index is 9.61. The van der Waals surface area contributed by atoms with E-state index in [0.717, 1.165) is 47.2 Å². The van der Waals surface area contributed by atoms with Gasteiger partial charge in [0.1, 0.15) is 5.75 Å². The van der Waals surface area contributed by atoms with Gasteiger partial charge < -0.3 is 14.6 Å². The Morgan fingerprint density at radius 2 is 1.72 bits per heavy atom. The fraction of sp³-hybridized carbons (Fsp3) is 0.250. The molecule has 3 aromatic rings. The molecule has 0 aromatic heterocycles. The van der Waals surface area contributed by atoms with Gasteiger partial charge in [-0.3, -0.25) is 4.90 Å². The number of nitrogens with zero attached hydrogens (tertiary/aromatic N) is 1. The summed E-state index contributed by atoms with van der Waals surface area (Å²) >= 11 is 6.33. The Balaban J connectivity index is 1.79. The molecule has 0 aliphatic carbocycles. The molecule has 150 valence electrons. The number of benzene rings is 3. The van der Waals surface area contributed by atoms with Crippen molar-refractivity contribution in [3.05, 3.63) is 87.9 Å². The molecule has 3 aromatic carbocycles. The minimum atomic E-state index is 0.0473. The summed E-state index contributed by atoms with van der Waals surface area (Å²) in [5.41, 5.74) is 4.76. The lowest BCUT2D eigenvalue weighted by Crippen LogP contribution is -2.35. The van der Waals surface area contributed by atoms with Crippen molar-refractivity contribution in [1.82, 2.24) is 4.90 Å². The lowest BCUT2D eigenvalue weighted by molar-refractivity contribution is 0.203. The fourth-order valence-corrected chi connectivity index (χ4v) is 4.27. The third-order valence-corrected chi connectivity index (χ3v) is 5.69. The quantitative estimate of drug-likeness (QED) is 0.628. The Hall–Kier alpha value is -2.69. The van der Waals surface area contributed by atoms with Crippen LogP contribution in [0, 0.1) is 0 Å². The first kappa shape index (κ1) is 19.6. The molecule has 1 aliphatic heterocycles. The molecular weight excluding hydrogens is 386 g/mol. The average molecular weight is 410 g/mol. The zero-order valence-corrected chi connectivity index (χ0v) is 17.3. The molecule has 1 atom stereocenters. The Morgan fingerprint density at radius 3 is 2.41 bits per heavy atom. The van der Waals surface area contributed by atoms with Crippen molar-refractivity contribution >= 4 is 11.6 Å². The van der Waals surface area contributed by atoms with Crippen molar-refractivity contribution in [3.63, 3.8) is 0 Å². The number of hydrogen-bond donors (Lipinski definition) is 1. The van der Waals surface area contributed by atoms with Gasteiger partial charge in [0.15, 0.2) is 11.5 Å². The summed E-state index contributed by atoms with van der Waals surface area (Å²) in [4.78, 5) is 2.44. The summed E-state index contributed by atoms with van der Waals surface area (Å²) in [7, 11) is 3.33. The third kappa shape index (κ3) is 4.04. The van der Waals surface area contributed by atoms with E-state index in [1.165, 1.54) is 11.1 Å². The Bertz CT molecular complexity index is 1000. The molecule has 0 spiro atoms. The molecule has 5 heteroatoms. The van der Waals surface area contributed by atoms with Crippen LogP contribution in [-0.2, 0) is 13.0 Å². The van der Waals surface area contributed by atoms with E-state index in [9.17, 15) is 5.11 Å². The van der Waals surface area contributed by atoms with Crippen LogP contribution in [0.1, 0.15) is 28.3 Å². The molecule has 1 heterocycles. The topological polar surface area (TPSA) is 41.9 Å². The van der Waals surface area contributed by atoms with E-state index in [-0.39, 0.29) is 11.8 Å². The number of fused-ring (bicyclic) bond motifs is 1. The predicted octanol–water partition coefficient (Wildman–Crippen LogP) is 5.21. The van der Waals surface area contributed by atoms with E-state index in [1.54, 1.807) is 26.4 Å². The molecule has 4 nitrogen and oxygen atoms in total. The van der Waals surface area contributed by atoms with E-state index in [0.29, 0.717) is 0 Å². The Labute approximate surface area is 176 Å². The highest BCUT2D eigenvalue weighted by Crippen LogP contribution is 2.42. The zero-order chi connectivity index (χ0) is 20.4. The summed E-state index contributed by atoms with van der Waals surface area (Å²) in [5.74, 6) is 1.76. The molecule has 0 amide bonds. The van der Waals surface area contributed by atoms with Gasteiger partial charge in [-0.15, -0.1) is 0 Å². The van der Waals surface area contributed by atoms with Gasteiger partial charge in [-0.25, -0.2) is 0 Å². The largest absolute Gasteiger partial charge is 0.508 e. The van der Waals surface area contributed by atoms with Gasteiger partial charge in [-0.1, -0.05) is 35.9 Å². The predicted molar refractivity (Wildman–Crippen MR) is 115 cm³/mol. The number of ether oxygens (including phenoxy) is 2. The van der Waals surface area contributed by atoms with E-state index >= 15 is 0 Å². The smallest absolute Gasteiger partial charge is 0.161 e. The second kappa shape index (κ2) is 8.36. The van der Waals surface area contributed by atoms with Crippen LogP contribution in [0.5, 0.6) is 17.2 Å². The molecule has 29 heavy (non-hydrogen) atoms. The first-order chi connectivity index (χ1) is 14.1. The van der Waals surface area contributed by atoms with Crippen molar-refractivity contribution in [2.45, 2.75) is 19.0 Å². The van der Waals surface area contributed by atoms with Crippen molar-refractivity contribution in [3.8, 4) is 17.2 Å². The van der Waals surface area contributed by atoms with Crippen LogP contribution in [-0.4, -0.2) is 30.8 Å². The SMILES string of the molecule is COc1cc2c(cc1OC)[C@@H](c1cccc(Cl)c1)N(Cc1ccc(O)cc1)CC2. The number of hydrogen-bond acceptors (Lipinski definition) is 4. The van der Waals surface area contributed by atoms with Crippen molar-refractivity contribution in [2.24, 2.45) is 0 Å². The normalized spacial score (nSPS) is 16.3. The lowest BCUT2D eigenvalue weighted by atomic mass is 9.87. The molecule has 0 radical (unpaired) electrons. The van der Waals surface area contributed by atoms with Crippen LogP contribution in [0.25, 0.3) is 0 Å². The van der Waals surface area contributed by atoms with Gasteiger partial charge in [0.05, 0.1) is 20.3 Å². The van der Waals surface area contributed by atoms with Crippen molar-refractivity contribution in [2.75, 3.05) is 20.8 Å². The molecule has 0 bridgehead atoms. The molecule has 0 saturated heterocycles. The zero-order valence-electron chi connectivity index (χ0n) is 16.6. The second-order valence-corrected chi connectivity index (χ2v) is 7.69. The maximum Gasteiger partial charge on any atom is 0.161 e. The standard InChI is InChI=1S/C24H24ClNO3/c1-28-22-13-17-10-11-26(15-16-6-8-20(27)9-7-16)24(21(17)14-23(22)29-2)18-4-3-5-19(25)12-18/h3-9,12-14,24,27H,10-11,15H2,1-2H3/t24-/m1/s1. The molecular formula is C24H24ClNO3. The molecule has 1 aliphatic rings. The first-order valence-electron chi connectivity index (χ1n) is 9.61. The number of halogens is 1. The summed E-state index contributed by atoms with van der Waals surface area (Å²) in [6.45, 7) is 1.67. The van der Waals surface area contributed by atoms with Gasteiger partial charge in [0, 0.05) is 18.1 Å². The number of aromatic hydroxyl groups is 1. The van der Waals surface area contributed by atoms with Gasteiger partial charge in [-0.2, -0.15) is 0 Å².